The first-order valence-electron chi connectivity index (χ1n) is 5.23. The first-order chi connectivity index (χ1) is 7.99. The Labute approximate surface area is 101 Å². The highest BCUT2D eigenvalue weighted by atomic mass is 16.5. The molecule has 0 aromatic heterocycles. The number of amides is 1. The molecule has 0 atom stereocenters. The molecule has 17 heavy (non-hydrogen) atoms. The zero-order valence-electron chi connectivity index (χ0n) is 10.1. The van der Waals surface area contributed by atoms with Gasteiger partial charge >= 0.3 is 12.1 Å². The molecule has 0 fully saturated rings. The summed E-state index contributed by atoms with van der Waals surface area (Å²) < 4.78 is 4.18. The van der Waals surface area contributed by atoms with Crippen LogP contribution in [0.2, 0.25) is 0 Å². The van der Waals surface area contributed by atoms with Crippen LogP contribution in [-0.2, 0) is 9.53 Å². The standard InChI is InChI=1S/C8H11NO2.C3H7NO2/c1-2-3-4-7(5-6-9)8(10)11;1-2-6-3(4)5/h5H,2-4H2,1H3,(H,10,11);2H2,1H3,(H2,4,5)/b7-5-;. The van der Waals surface area contributed by atoms with Gasteiger partial charge in [-0.2, -0.15) is 5.26 Å². The van der Waals surface area contributed by atoms with Crippen molar-refractivity contribution in [2.24, 2.45) is 5.73 Å². The summed E-state index contributed by atoms with van der Waals surface area (Å²) in [5.74, 6) is -0.986. The number of primary amides is 1. The molecule has 0 aliphatic carbocycles. The topological polar surface area (TPSA) is 113 Å². The van der Waals surface area contributed by atoms with Crippen molar-refractivity contribution >= 4 is 12.1 Å². The number of carbonyl (C=O) groups is 2. The number of carbonyl (C=O) groups excluding carboxylic acids is 1. The van der Waals surface area contributed by atoms with Crippen LogP contribution in [0, 0.1) is 11.3 Å². The van der Waals surface area contributed by atoms with Crippen LogP contribution in [0.25, 0.3) is 0 Å². The van der Waals surface area contributed by atoms with Gasteiger partial charge in [-0.1, -0.05) is 13.3 Å². The Bertz CT molecular complexity index is 305. The van der Waals surface area contributed by atoms with Crippen LogP contribution >= 0.6 is 0 Å². The Morgan fingerprint density at radius 2 is 2.06 bits per heavy atom. The minimum atomic E-state index is -0.986. The summed E-state index contributed by atoms with van der Waals surface area (Å²) in [4.78, 5) is 20.0. The molecule has 0 bridgehead atoms. The molecule has 0 unspecified atom stereocenters. The van der Waals surface area contributed by atoms with E-state index in [9.17, 15) is 9.59 Å². The van der Waals surface area contributed by atoms with Crippen molar-refractivity contribution < 1.29 is 19.4 Å². The van der Waals surface area contributed by atoms with Crippen LogP contribution in [0.5, 0.6) is 0 Å². The van der Waals surface area contributed by atoms with Gasteiger partial charge in [0.05, 0.1) is 12.7 Å². The van der Waals surface area contributed by atoms with Crippen LogP contribution < -0.4 is 5.73 Å². The summed E-state index contributed by atoms with van der Waals surface area (Å²) in [5.41, 5.74) is 4.74. The van der Waals surface area contributed by atoms with Crippen molar-refractivity contribution in [2.45, 2.75) is 33.1 Å². The Balaban J connectivity index is 0. The van der Waals surface area contributed by atoms with Gasteiger partial charge in [0.15, 0.2) is 0 Å². The third-order valence-electron chi connectivity index (χ3n) is 1.60. The molecule has 0 aromatic rings. The molecule has 0 aliphatic rings. The second-order valence-electron chi connectivity index (χ2n) is 2.96. The van der Waals surface area contributed by atoms with Gasteiger partial charge in [-0.15, -0.1) is 0 Å². The number of nitrogens with two attached hydrogens (primary N) is 1. The highest BCUT2D eigenvalue weighted by Crippen LogP contribution is 2.06. The fourth-order valence-corrected chi connectivity index (χ4v) is 0.828. The van der Waals surface area contributed by atoms with Gasteiger partial charge in [0.25, 0.3) is 0 Å². The number of hydrogen-bond donors (Lipinski definition) is 2. The number of unbranched alkanes of at least 4 members (excludes halogenated alkanes) is 1. The van der Waals surface area contributed by atoms with E-state index in [4.69, 9.17) is 10.4 Å². The van der Waals surface area contributed by atoms with Crippen molar-refractivity contribution in [3.05, 3.63) is 11.6 Å². The minimum Gasteiger partial charge on any atom is -0.478 e. The van der Waals surface area contributed by atoms with Gasteiger partial charge in [0.2, 0.25) is 0 Å². The number of aliphatic carboxylic acids is 1. The van der Waals surface area contributed by atoms with Crippen molar-refractivity contribution in [1.29, 1.82) is 5.26 Å². The van der Waals surface area contributed by atoms with Crippen LogP contribution in [0.1, 0.15) is 33.1 Å². The summed E-state index contributed by atoms with van der Waals surface area (Å²) in [6.45, 7) is 4.03. The molecule has 0 aliphatic heterocycles. The van der Waals surface area contributed by atoms with E-state index in [1.807, 2.05) is 6.92 Å². The first-order valence-corrected chi connectivity index (χ1v) is 5.23. The van der Waals surface area contributed by atoms with E-state index in [-0.39, 0.29) is 5.57 Å². The van der Waals surface area contributed by atoms with E-state index in [2.05, 4.69) is 10.5 Å². The second kappa shape index (κ2) is 12.0. The first kappa shape index (κ1) is 17.4. The number of nitrogens with zero attached hydrogens (tertiary/aromatic N) is 1. The molecule has 0 saturated heterocycles. The summed E-state index contributed by atoms with van der Waals surface area (Å²) in [6, 6.07) is 1.72. The van der Waals surface area contributed by atoms with Crippen LogP contribution in [0.15, 0.2) is 11.6 Å². The SMILES string of the molecule is CCCC/C(=C/C#N)C(=O)O.CCOC(N)=O. The molecular formula is C11H18N2O4. The number of hydrogen-bond acceptors (Lipinski definition) is 4. The summed E-state index contributed by atoms with van der Waals surface area (Å²) in [6.07, 6.45) is 2.63. The van der Waals surface area contributed by atoms with E-state index in [0.717, 1.165) is 18.9 Å². The third-order valence-corrected chi connectivity index (χ3v) is 1.60. The van der Waals surface area contributed by atoms with E-state index in [0.29, 0.717) is 13.0 Å². The lowest BCUT2D eigenvalue weighted by molar-refractivity contribution is -0.132. The van der Waals surface area contributed by atoms with Gasteiger partial charge in [0, 0.05) is 11.6 Å². The van der Waals surface area contributed by atoms with Crippen molar-refractivity contribution in [3.8, 4) is 6.07 Å². The molecule has 0 saturated carbocycles. The smallest absolute Gasteiger partial charge is 0.404 e. The van der Waals surface area contributed by atoms with E-state index < -0.39 is 12.1 Å². The fourth-order valence-electron chi connectivity index (χ4n) is 0.828. The van der Waals surface area contributed by atoms with E-state index >= 15 is 0 Å². The van der Waals surface area contributed by atoms with Gasteiger partial charge in [-0.25, -0.2) is 9.59 Å². The zero-order valence-corrected chi connectivity index (χ0v) is 10.1. The number of carboxylic acid groups (broad SMARTS) is 1. The molecule has 1 amide bonds. The third kappa shape index (κ3) is 14.0. The molecule has 3 N–H and O–H groups in total. The molecule has 0 aromatic carbocycles. The molecule has 96 valence electrons. The molecule has 0 radical (unpaired) electrons. The zero-order chi connectivity index (χ0) is 13.7. The average Bonchev–Trinajstić information content (AvgIpc) is 2.24. The van der Waals surface area contributed by atoms with Gasteiger partial charge in [-0.3, -0.25) is 0 Å². The number of nitriles is 1. The Kier molecular flexibility index (Phi) is 12.3. The number of carboxylic acids is 1. The van der Waals surface area contributed by atoms with Crippen LogP contribution in [-0.4, -0.2) is 23.8 Å². The lowest BCUT2D eigenvalue weighted by Crippen LogP contribution is -2.11. The largest absolute Gasteiger partial charge is 0.478 e. The van der Waals surface area contributed by atoms with Crippen LogP contribution in [0.3, 0.4) is 0 Å². The Morgan fingerprint density at radius 1 is 1.47 bits per heavy atom. The molecule has 0 heterocycles. The lowest BCUT2D eigenvalue weighted by Gasteiger charge is -1.96. The molecule has 6 nitrogen and oxygen atoms in total. The lowest BCUT2D eigenvalue weighted by atomic mass is 10.1. The second-order valence-corrected chi connectivity index (χ2v) is 2.96. The molecule has 0 spiro atoms. The van der Waals surface area contributed by atoms with Gasteiger partial charge in [-0.05, 0) is 19.8 Å². The maximum Gasteiger partial charge on any atom is 0.404 e. The normalized spacial score (nSPS) is 9.59. The summed E-state index contributed by atoms with van der Waals surface area (Å²) >= 11 is 0. The van der Waals surface area contributed by atoms with Crippen molar-refractivity contribution in [3.63, 3.8) is 0 Å². The average molecular weight is 242 g/mol. The van der Waals surface area contributed by atoms with Crippen molar-refractivity contribution in [2.75, 3.05) is 6.61 Å². The predicted molar refractivity (Wildman–Crippen MR) is 62.1 cm³/mol. The predicted octanol–water partition coefficient (Wildman–Crippen LogP) is 1.81. The maximum absolute atomic E-state index is 10.4. The summed E-state index contributed by atoms with van der Waals surface area (Å²) in [5, 5.41) is 16.7. The quantitative estimate of drug-likeness (QED) is 0.563. The highest BCUT2D eigenvalue weighted by molar-refractivity contribution is 5.87. The van der Waals surface area contributed by atoms with Gasteiger partial charge < -0.3 is 15.6 Å². The van der Waals surface area contributed by atoms with Gasteiger partial charge in [0.1, 0.15) is 0 Å². The number of ether oxygens (including phenoxy) is 1. The molecular weight excluding hydrogens is 224 g/mol. The molecule has 6 heteroatoms. The number of allylic oxidation sites excluding steroid dienone is 1. The monoisotopic (exact) mass is 242 g/mol. The highest BCUT2D eigenvalue weighted by Gasteiger charge is 2.04. The summed E-state index contributed by atoms with van der Waals surface area (Å²) in [7, 11) is 0. The molecule has 0 rings (SSSR count). The Morgan fingerprint density at radius 3 is 2.29 bits per heavy atom. The van der Waals surface area contributed by atoms with Crippen LogP contribution in [0.4, 0.5) is 4.79 Å². The van der Waals surface area contributed by atoms with E-state index in [1.54, 1.807) is 13.0 Å². The Hall–Kier alpha value is -2.03. The maximum atomic E-state index is 10.4. The number of rotatable bonds is 5. The van der Waals surface area contributed by atoms with Crippen molar-refractivity contribution in [1.82, 2.24) is 0 Å². The fraction of sp³-hybridized carbons (Fsp3) is 0.545. The minimum absolute atomic E-state index is 0.203. The van der Waals surface area contributed by atoms with E-state index in [1.165, 1.54) is 0 Å².